The SMILES string of the molecule is CCCCCCCCNC(=O)CCCN(C)c1cc(/C=C2/Sc3ccccc3N2C)c2ccccc2[n+]1-c1ccccc1. The summed E-state index contributed by atoms with van der Waals surface area (Å²) >= 11 is 1.81. The lowest BCUT2D eigenvalue weighted by Crippen LogP contribution is -2.40. The number of benzene rings is 3. The lowest BCUT2D eigenvalue weighted by atomic mass is 10.1. The Bertz CT molecular complexity index is 1550. The fraction of sp³-hybridized carbons (Fsp3) is 0.351. The number of pyridine rings is 1. The average Bonchev–Trinajstić information content (AvgIpc) is 3.35. The van der Waals surface area contributed by atoms with Gasteiger partial charge in [-0.2, -0.15) is 4.57 Å². The first-order chi connectivity index (χ1) is 21.1. The molecule has 5 rings (SSSR count). The first-order valence-corrected chi connectivity index (χ1v) is 16.6. The van der Waals surface area contributed by atoms with Crippen LogP contribution in [0.1, 0.15) is 63.9 Å². The Morgan fingerprint density at radius 2 is 1.63 bits per heavy atom. The van der Waals surface area contributed by atoms with Crippen molar-refractivity contribution in [3.8, 4) is 5.69 Å². The molecule has 0 fully saturated rings. The fourth-order valence-electron chi connectivity index (χ4n) is 5.76. The monoisotopic (exact) mass is 593 g/mol. The van der Waals surface area contributed by atoms with Gasteiger partial charge in [-0.1, -0.05) is 99.3 Å². The van der Waals surface area contributed by atoms with E-state index < -0.39 is 0 Å². The number of hydrogen-bond donors (Lipinski definition) is 1. The first kappa shape index (κ1) is 30.7. The van der Waals surface area contributed by atoms with Crippen LogP contribution in [0, 0.1) is 0 Å². The van der Waals surface area contributed by atoms with Gasteiger partial charge in [0, 0.05) is 36.4 Å². The molecule has 43 heavy (non-hydrogen) atoms. The molecule has 0 saturated heterocycles. The number of thioether (sulfide) groups is 1. The second-order valence-corrected chi connectivity index (χ2v) is 12.5. The molecule has 2 heterocycles. The Kier molecular flexibility index (Phi) is 10.8. The van der Waals surface area contributed by atoms with Crippen LogP contribution >= 0.6 is 11.8 Å². The van der Waals surface area contributed by atoms with Gasteiger partial charge in [-0.3, -0.25) is 9.69 Å². The van der Waals surface area contributed by atoms with Crippen LogP contribution in [0.4, 0.5) is 11.5 Å². The minimum atomic E-state index is 0.155. The van der Waals surface area contributed by atoms with E-state index in [2.05, 4.69) is 132 Å². The molecule has 4 aromatic rings. The molecule has 6 heteroatoms. The summed E-state index contributed by atoms with van der Waals surface area (Å²) in [5.74, 6) is 1.26. The Balaban J connectivity index is 1.36. The summed E-state index contributed by atoms with van der Waals surface area (Å²) in [6.07, 6.45) is 11.1. The lowest BCUT2D eigenvalue weighted by molar-refractivity contribution is -0.553. The van der Waals surface area contributed by atoms with Gasteiger partial charge < -0.3 is 10.2 Å². The molecule has 3 aromatic carbocycles. The van der Waals surface area contributed by atoms with E-state index in [1.807, 2.05) is 11.8 Å². The average molecular weight is 594 g/mol. The zero-order valence-electron chi connectivity index (χ0n) is 25.9. The van der Waals surface area contributed by atoms with E-state index in [0.29, 0.717) is 6.42 Å². The number of fused-ring (bicyclic) bond motifs is 2. The molecule has 0 spiro atoms. The van der Waals surface area contributed by atoms with Crippen molar-refractivity contribution in [3.05, 3.63) is 95.5 Å². The van der Waals surface area contributed by atoms with Crippen LogP contribution in [-0.2, 0) is 4.79 Å². The lowest BCUT2D eigenvalue weighted by Gasteiger charge is -2.19. The minimum absolute atomic E-state index is 0.155. The highest BCUT2D eigenvalue weighted by Crippen LogP contribution is 2.45. The Morgan fingerprint density at radius 1 is 0.907 bits per heavy atom. The van der Waals surface area contributed by atoms with E-state index in [1.54, 1.807) is 0 Å². The summed E-state index contributed by atoms with van der Waals surface area (Å²) in [5, 5.41) is 5.54. The predicted octanol–water partition coefficient (Wildman–Crippen LogP) is 8.35. The molecule has 224 valence electrons. The maximum absolute atomic E-state index is 12.6. The Labute approximate surface area is 261 Å². The van der Waals surface area contributed by atoms with Gasteiger partial charge >= 0.3 is 0 Å². The number of carbonyl (C=O) groups is 1. The normalized spacial score (nSPS) is 13.5. The molecule has 5 nitrogen and oxygen atoms in total. The molecule has 0 bridgehead atoms. The zero-order chi connectivity index (χ0) is 30.0. The highest BCUT2D eigenvalue weighted by molar-refractivity contribution is 8.03. The molecule has 0 aliphatic carbocycles. The molecule has 1 amide bonds. The van der Waals surface area contributed by atoms with Crippen molar-refractivity contribution < 1.29 is 9.36 Å². The van der Waals surface area contributed by atoms with Crippen molar-refractivity contribution in [2.75, 3.05) is 37.0 Å². The Morgan fingerprint density at radius 3 is 2.44 bits per heavy atom. The molecule has 1 aliphatic heterocycles. The molecule has 0 saturated carbocycles. The summed E-state index contributed by atoms with van der Waals surface area (Å²) in [6.45, 7) is 3.81. The molecule has 0 radical (unpaired) electrons. The van der Waals surface area contributed by atoms with Crippen molar-refractivity contribution in [2.45, 2.75) is 63.2 Å². The van der Waals surface area contributed by atoms with E-state index in [4.69, 9.17) is 0 Å². The van der Waals surface area contributed by atoms with Gasteiger partial charge in [0.2, 0.25) is 5.91 Å². The number of nitrogens with zero attached hydrogens (tertiary/aromatic N) is 3. The fourth-order valence-corrected chi connectivity index (χ4v) is 6.86. The number of para-hydroxylation sites is 3. The van der Waals surface area contributed by atoms with Crippen molar-refractivity contribution in [1.82, 2.24) is 5.32 Å². The molecule has 1 aliphatic rings. The number of anilines is 2. The largest absolute Gasteiger partial charge is 0.356 e. The maximum atomic E-state index is 12.6. The van der Waals surface area contributed by atoms with Gasteiger partial charge in [0.05, 0.1) is 24.3 Å². The van der Waals surface area contributed by atoms with Crippen molar-refractivity contribution in [2.24, 2.45) is 0 Å². The summed E-state index contributed by atoms with van der Waals surface area (Å²) in [7, 11) is 4.28. The minimum Gasteiger partial charge on any atom is -0.356 e. The van der Waals surface area contributed by atoms with E-state index >= 15 is 0 Å². The van der Waals surface area contributed by atoms with Gasteiger partial charge in [-0.15, -0.1) is 0 Å². The third-order valence-corrected chi connectivity index (χ3v) is 9.34. The van der Waals surface area contributed by atoms with Crippen LogP contribution < -0.4 is 19.7 Å². The number of amides is 1. The van der Waals surface area contributed by atoms with Gasteiger partial charge in [-0.25, -0.2) is 0 Å². The van der Waals surface area contributed by atoms with E-state index in [9.17, 15) is 4.79 Å². The molecular weight excluding hydrogens is 549 g/mol. The highest BCUT2D eigenvalue weighted by Gasteiger charge is 2.25. The number of nitrogens with one attached hydrogen (secondary N) is 1. The van der Waals surface area contributed by atoms with Gasteiger partial charge in [0.25, 0.3) is 5.82 Å². The quantitative estimate of drug-likeness (QED) is 0.118. The zero-order valence-corrected chi connectivity index (χ0v) is 26.7. The third kappa shape index (κ3) is 7.61. The van der Waals surface area contributed by atoms with Crippen molar-refractivity contribution >= 4 is 46.2 Å². The van der Waals surface area contributed by atoms with Crippen LogP contribution in [0.25, 0.3) is 22.7 Å². The summed E-state index contributed by atoms with van der Waals surface area (Å²) < 4.78 is 2.34. The number of carbonyl (C=O) groups excluding carboxylic acids is 1. The van der Waals surface area contributed by atoms with Crippen LogP contribution in [0.5, 0.6) is 0 Å². The number of aromatic nitrogens is 1. The second-order valence-electron chi connectivity index (χ2n) is 11.4. The maximum Gasteiger partial charge on any atom is 0.282 e. The summed E-state index contributed by atoms with van der Waals surface area (Å²) in [4.78, 5) is 18.4. The smallest absolute Gasteiger partial charge is 0.282 e. The molecule has 0 atom stereocenters. The topological polar surface area (TPSA) is 39.5 Å². The number of hydrogen-bond acceptors (Lipinski definition) is 4. The number of unbranched alkanes of at least 4 members (excludes halogenated alkanes) is 5. The standard InChI is InChI=1S/C37H44N4OS/c1-4-5-6-7-8-16-25-38-35(42)24-17-26-39(2)36-27-29(28-37-40(3)33-22-14-15-23-34(33)43-37)31-20-12-13-21-32(31)41(36)30-18-10-9-11-19-30/h9-15,18-23,27-28H,4-8,16-17,24-26H2,1-3H3/p+1. The first-order valence-electron chi connectivity index (χ1n) is 15.8. The molecule has 0 unspecified atom stereocenters. The molecule has 1 N–H and O–H groups in total. The highest BCUT2D eigenvalue weighted by atomic mass is 32.2. The third-order valence-electron chi connectivity index (χ3n) is 8.18. The Hall–Kier alpha value is -3.77. The van der Waals surface area contributed by atoms with E-state index in [1.165, 1.54) is 58.7 Å². The molecule has 1 aromatic heterocycles. The van der Waals surface area contributed by atoms with Crippen LogP contribution in [0.15, 0.2) is 94.9 Å². The van der Waals surface area contributed by atoms with Gasteiger partial charge in [0.1, 0.15) is 11.2 Å². The van der Waals surface area contributed by atoms with Crippen molar-refractivity contribution in [3.63, 3.8) is 0 Å². The predicted molar refractivity (Wildman–Crippen MR) is 183 cm³/mol. The van der Waals surface area contributed by atoms with Crippen LogP contribution in [0.2, 0.25) is 0 Å². The second kappa shape index (κ2) is 15.1. The van der Waals surface area contributed by atoms with Crippen molar-refractivity contribution in [1.29, 1.82) is 0 Å². The van der Waals surface area contributed by atoms with E-state index in [-0.39, 0.29) is 5.91 Å². The summed E-state index contributed by atoms with van der Waals surface area (Å²) in [6, 6.07) is 30.1. The molecular formula is C37H45N4OS+. The van der Waals surface area contributed by atoms with Crippen LogP contribution in [0.3, 0.4) is 0 Å². The van der Waals surface area contributed by atoms with Gasteiger partial charge in [0.15, 0.2) is 0 Å². The van der Waals surface area contributed by atoms with E-state index in [0.717, 1.165) is 43.0 Å². The van der Waals surface area contributed by atoms with Gasteiger partial charge in [-0.05, 0) is 54.8 Å². The number of rotatable bonds is 14. The van der Waals surface area contributed by atoms with Crippen LogP contribution in [-0.4, -0.2) is 33.1 Å². The summed E-state index contributed by atoms with van der Waals surface area (Å²) in [5.41, 5.74) is 4.70.